The molecular weight excluding hydrogens is 313 g/mol. The number of Topliss-reactive ketones (excluding diaryl/α,β-unsaturated/α-hetero) is 1. The van der Waals surface area contributed by atoms with E-state index in [4.69, 9.17) is 69.6 Å². The van der Waals surface area contributed by atoms with Gasteiger partial charge in [-0.25, -0.2) is 0 Å². The van der Waals surface area contributed by atoms with Crippen molar-refractivity contribution in [3.8, 4) is 23.7 Å². The molecule has 0 atom stereocenters. The second kappa shape index (κ2) is 5.57. The highest BCUT2D eigenvalue weighted by Gasteiger charge is 2.16. The van der Waals surface area contributed by atoms with E-state index in [0.717, 1.165) is 0 Å². The maximum atomic E-state index is 10.8. The Labute approximate surface area is 111 Å². The van der Waals surface area contributed by atoms with Gasteiger partial charge >= 0.3 is 0 Å². The second-order valence-corrected chi connectivity index (χ2v) is 6.39. The van der Waals surface area contributed by atoms with Crippen LogP contribution in [0.25, 0.3) is 0 Å². The number of alkyl halides is 6. The molecule has 0 radical (unpaired) electrons. The average molecular weight is 313 g/mol. The first-order valence-electron chi connectivity index (χ1n) is 2.84. The number of rotatable bonds is 0. The number of carbonyl (C=O) groups is 1. The molecule has 0 spiro atoms. The van der Waals surface area contributed by atoms with Gasteiger partial charge in [-0.3, -0.25) is 4.79 Å². The largest absolute Gasteiger partial charge is 0.279 e. The predicted octanol–water partition coefficient (Wildman–Crippen LogP) is 3.30. The summed E-state index contributed by atoms with van der Waals surface area (Å²) in [5.74, 6) is 7.16. The van der Waals surface area contributed by atoms with Crippen molar-refractivity contribution in [3.05, 3.63) is 0 Å². The molecular formula is C7Cl6O. The highest BCUT2D eigenvalue weighted by Crippen LogP contribution is 2.24. The molecule has 0 heterocycles. The van der Waals surface area contributed by atoms with E-state index >= 15 is 0 Å². The van der Waals surface area contributed by atoms with Crippen molar-refractivity contribution < 1.29 is 4.79 Å². The summed E-state index contributed by atoms with van der Waals surface area (Å²) in [5, 5.41) is 0. The summed E-state index contributed by atoms with van der Waals surface area (Å²) in [6, 6.07) is 0. The Kier molecular flexibility index (Phi) is 5.78. The zero-order chi connectivity index (χ0) is 11.4. The molecule has 0 aliphatic carbocycles. The minimum absolute atomic E-state index is 0.803. The van der Waals surface area contributed by atoms with Gasteiger partial charge in [0.2, 0.25) is 0 Å². The molecule has 0 amide bonds. The zero-order valence-corrected chi connectivity index (χ0v) is 10.7. The number of ketones is 1. The van der Waals surface area contributed by atoms with Gasteiger partial charge in [-0.05, 0) is 23.7 Å². The number of hydrogen-bond donors (Lipinski definition) is 0. The van der Waals surface area contributed by atoms with Crippen LogP contribution in [-0.2, 0) is 4.79 Å². The predicted molar refractivity (Wildman–Crippen MR) is 61.1 cm³/mol. The Balaban J connectivity index is 4.51. The Hall–Kier alpha value is 0.530. The first-order valence-corrected chi connectivity index (χ1v) is 5.11. The molecule has 0 rings (SSSR count). The van der Waals surface area contributed by atoms with Crippen LogP contribution in [-0.4, -0.2) is 13.4 Å². The molecule has 7 heteroatoms. The summed E-state index contributed by atoms with van der Waals surface area (Å²) in [4.78, 5) is 10.8. The van der Waals surface area contributed by atoms with Crippen molar-refractivity contribution in [2.45, 2.75) is 7.59 Å². The molecule has 0 aromatic rings. The molecule has 0 saturated carbocycles. The molecule has 0 aliphatic heterocycles. The van der Waals surface area contributed by atoms with Gasteiger partial charge in [0, 0.05) is 0 Å². The molecule has 0 aromatic carbocycles. The van der Waals surface area contributed by atoms with Crippen molar-refractivity contribution in [1.82, 2.24) is 0 Å². The summed E-state index contributed by atoms with van der Waals surface area (Å²) < 4.78 is -3.64. The SMILES string of the molecule is O=C(C#CC(Cl)(Cl)Cl)C#CC(Cl)(Cl)Cl. The lowest BCUT2D eigenvalue weighted by Crippen LogP contribution is -2.00. The van der Waals surface area contributed by atoms with Gasteiger partial charge in [-0.1, -0.05) is 69.6 Å². The number of carbonyl (C=O) groups excluding carboxylic acids is 1. The van der Waals surface area contributed by atoms with Crippen LogP contribution in [0.2, 0.25) is 0 Å². The van der Waals surface area contributed by atoms with Crippen LogP contribution in [0.5, 0.6) is 0 Å². The third kappa shape index (κ3) is 10.6. The second-order valence-electron chi connectivity index (χ2n) is 1.82. The van der Waals surface area contributed by atoms with Crippen LogP contribution < -0.4 is 0 Å². The maximum absolute atomic E-state index is 10.8. The van der Waals surface area contributed by atoms with Crippen molar-refractivity contribution in [2.75, 3.05) is 0 Å². The van der Waals surface area contributed by atoms with Gasteiger partial charge in [0.05, 0.1) is 0 Å². The third-order valence-corrected chi connectivity index (χ3v) is 1.20. The number of halogens is 6. The van der Waals surface area contributed by atoms with Crippen molar-refractivity contribution in [3.63, 3.8) is 0 Å². The van der Waals surface area contributed by atoms with E-state index in [-0.39, 0.29) is 0 Å². The van der Waals surface area contributed by atoms with E-state index in [1.54, 1.807) is 0 Å². The molecule has 76 valence electrons. The van der Waals surface area contributed by atoms with E-state index in [2.05, 4.69) is 0 Å². The molecule has 0 unspecified atom stereocenters. The van der Waals surface area contributed by atoms with E-state index in [9.17, 15) is 4.79 Å². The van der Waals surface area contributed by atoms with Crippen molar-refractivity contribution in [2.24, 2.45) is 0 Å². The van der Waals surface area contributed by atoms with Crippen molar-refractivity contribution >= 4 is 75.4 Å². The Morgan fingerprint density at radius 3 is 1.29 bits per heavy atom. The topological polar surface area (TPSA) is 17.1 Å². The third-order valence-electron chi connectivity index (χ3n) is 0.636. The molecule has 0 fully saturated rings. The fraction of sp³-hybridized carbons (Fsp3) is 0.286. The zero-order valence-electron chi connectivity index (χ0n) is 6.18. The minimum atomic E-state index is -1.82. The average Bonchev–Trinajstić information content (AvgIpc) is 1.94. The fourth-order valence-electron chi connectivity index (χ4n) is 0.287. The van der Waals surface area contributed by atoms with Crippen LogP contribution in [0.3, 0.4) is 0 Å². The highest BCUT2D eigenvalue weighted by molar-refractivity contribution is 6.70. The lowest BCUT2D eigenvalue weighted by Gasteiger charge is -1.96. The van der Waals surface area contributed by atoms with Crippen LogP contribution in [0.15, 0.2) is 0 Å². The normalized spacial score (nSPS) is 10.7. The lowest BCUT2D eigenvalue weighted by atomic mass is 10.4. The number of hydrogen-bond acceptors (Lipinski definition) is 1. The monoisotopic (exact) mass is 310 g/mol. The fourth-order valence-corrected chi connectivity index (χ4v) is 0.570. The van der Waals surface area contributed by atoms with Gasteiger partial charge in [-0.15, -0.1) is 0 Å². The Bertz CT molecular complexity index is 305. The standard InChI is InChI=1S/C7Cl6O/c8-6(9,10)3-1-5(14)2-4-7(11,12)13. The summed E-state index contributed by atoms with van der Waals surface area (Å²) in [6.07, 6.45) is 0. The first-order chi connectivity index (χ1) is 6.10. The maximum Gasteiger partial charge on any atom is 0.279 e. The van der Waals surface area contributed by atoms with Crippen LogP contribution >= 0.6 is 69.6 Å². The summed E-state index contributed by atoms with van der Waals surface area (Å²) in [6.45, 7) is 0. The molecule has 0 aromatic heterocycles. The van der Waals surface area contributed by atoms with Gasteiger partial charge in [0.25, 0.3) is 13.4 Å². The van der Waals surface area contributed by atoms with Crippen LogP contribution in [0.4, 0.5) is 0 Å². The van der Waals surface area contributed by atoms with E-state index in [1.165, 1.54) is 0 Å². The molecule has 0 aliphatic rings. The van der Waals surface area contributed by atoms with Gasteiger partial charge in [-0.2, -0.15) is 0 Å². The molecule has 0 N–H and O–H groups in total. The van der Waals surface area contributed by atoms with Crippen LogP contribution in [0.1, 0.15) is 0 Å². The molecule has 0 bridgehead atoms. The minimum Gasteiger partial charge on any atom is -0.270 e. The van der Waals surface area contributed by atoms with E-state index in [0.29, 0.717) is 0 Å². The quantitative estimate of drug-likeness (QED) is 0.381. The lowest BCUT2D eigenvalue weighted by molar-refractivity contribution is -0.108. The Morgan fingerprint density at radius 2 is 1.07 bits per heavy atom. The smallest absolute Gasteiger partial charge is 0.270 e. The highest BCUT2D eigenvalue weighted by atomic mass is 35.6. The van der Waals surface area contributed by atoms with Gasteiger partial charge in [0.15, 0.2) is 0 Å². The Morgan fingerprint density at radius 1 is 0.786 bits per heavy atom. The summed E-state index contributed by atoms with van der Waals surface area (Å²) in [5.41, 5.74) is 0. The van der Waals surface area contributed by atoms with E-state index in [1.807, 2.05) is 23.7 Å². The summed E-state index contributed by atoms with van der Waals surface area (Å²) in [7, 11) is 0. The van der Waals surface area contributed by atoms with Gasteiger partial charge < -0.3 is 0 Å². The van der Waals surface area contributed by atoms with Crippen LogP contribution in [0, 0.1) is 23.7 Å². The van der Waals surface area contributed by atoms with E-state index < -0.39 is 13.4 Å². The van der Waals surface area contributed by atoms with Crippen molar-refractivity contribution in [1.29, 1.82) is 0 Å². The molecule has 1 nitrogen and oxygen atoms in total. The summed E-state index contributed by atoms with van der Waals surface area (Å²) >= 11 is 31.5. The molecule has 14 heavy (non-hydrogen) atoms. The van der Waals surface area contributed by atoms with Gasteiger partial charge in [0.1, 0.15) is 0 Å². The molecule has 0 saturated heterocycles. The first kappa shape index (κ1) is 14.5.